The van der Waals surface area contributed by atoms with Crippen LogP contribution in [0.3, 0.4) is 0 Å². The molecule has 0 saturated carbocycles. The highest BCUT2D eigenvalue weighted by Crippen LogP contribution is 2.31. The van der Waals surface area contributed by atoms with Crippen LogP contribution in [0.2, 0.25) is 5.15 Å². The van der Waals surface area contributed by atoms with Crippen molar-refractivity contribution in [3.8, 4) is 0 Å². The first-order valence-corrected chi connectivity index (χ1v) is 9.43. The first-order chi connectivity index (χ1) is 13.3. The predicted octanol–water partition coefficient (Wildman–Crippen LogP) is 5.08. The zero-order valence-corrected chi connectivity index (χ0v) is 15.4. The normalized spacial score (nSPS) is 17.4. The average molecular weight is 380 g/mol. The van der Waals surface area contributed by atoms with Gasteiger partial charge >= 0.3 is 0 Å². The van der Waals surface area contributed by atoms with Gasteiger partial charge < -0.3 is 10.1 Å². The molecular weight excluding hydrogens is 362 g/mol. The van der Waals surface area contributed by atoms with E-state index in [4.69, 9.17) is 21.4 Å². The highest BCUT2D eigenvalue weighted by Gasteiger charge is 2.21. The Morgan fingerprint density at radius 1 is 1.11 bits per heavy atom. The molecular formula is C20H18ClN5O. The molecule has 1 N–H and O–H groups in total. The van der Waals surface area contributed by atoms with Crippen molar-refractivity contribution in [2.24, 2.45) is 0 Å². The summed E-state index contributed by atoms with van der Waals surface area (Å²) in [6, 6.07) is 11.9. The molecule has 136 valence electrons. The molecule has 5 rings (SSSR count). The average Bonchev–Trinajstić information content (AvgIpc) is 3.07. The number of hydrogen-bond acceptors (Lipinski definition) is 5. The molecule has 1 aliphatic heterocycles. The Morgan fingerprint density at radius 2 is 2.07 bits per heavy atom. The molecule has 3 aromatic heterocycles. The second kappa shape index (κ2) is 6.79. The van der Waals surface area contributed by atoms with Gasteiger partial charge in [-0.25, -0.2) is 9.67 Å². The summed E-state index contributed by atoms with van der Waals surface area (Å²) in [5.74, 6) is 0.722. The van der Waals surface area contributed by atoms with E-state index in [-0.39, 0.29) is 6.23 Å². The van der Waals surface area contributed by atoms with Gasteiger partial charge in [0.1, 0.15) is 10.7 Å². The van der Waals surface area contributed by atoms with Gasteiger partial charge in [0.05, 0.1) is 5.52 Å². The van der Waals surface area contributed by atoms with Crippen molar-refractivity contribution in [1.29, 1.82) is 0 Å². The summed E-state index contributed by atoms with van der Waals surface area (Å²) < 4.78 is 7.88. The van der Waals surface area contributed by atoms with Gasteiger partial charge in [0.2, 0.25) is 0 Å². The third-order valence-electron chi connectivity index (χ3n) is 4.84. The van der Waals surface area contributed by atoms with E-state index in [1.165, 1.54) is 0 Å². The van der Waals surface area contributed by atoms with Crippen LogP contribution in [0.15, 0.2) is 48.8 Å². The van der Waals surface area contributed by atoms with Crippen molar-refractivity contribution >= 4 is 44.9 Å². The molecule has 1 saturated heterocycles. The van der Waals surface area contributed by atoms with Crippen LogP contribution >= 0.6 is 11.6 Å². The molecule has 6 nitrogen and oxygen atoms in total. The Balaban J connectivity index is 1.55. The number of benzene rings is 1. The van der Waals surface area contributed by atoms with E-state index in [9.17, 15) is 0 Å². The van der Waals surface area contributed by atoms with E-state index in [1.54, 1.807) is 12.4 Å². The fraction of sp³-hybridized carbons (Fsp3) is 0.250. The van der Waals surface area contributed by atoms with Crippen molar-refractivity contribution in [3.05, 3.63) is 53.9 Å². The van der Waals surface area contributed by atoms with Crippen molar-refractivity contribution in [2.45, 2.75) is 25.5 Å². The van der Waals surface area contributed by atoms with Crippen LogP contribution in [-0.4, -0.2) is 26.4 Å². The van der Waals surface area contributed by atoms with Crippen LogP contribution in [0.5, 0.6) is 0 Å². The van der Waals surface area contributed by atoms with Gasteiger partial charge in [0.15, 0.2) is 12.0 Å². The third-order valence-corrected chi connectivity index (χ3v) is 5.05. The molecule has 0 radical (unpaired) electrons. The Bertz CT molecular complexity index is 1120. The smallest absolute Gasteiger partial charge is 0.179 e. The van der Waals surface area contributed by atoms with E-state index in [1.807, 2.05) is 41.1 Å². The molecule has 0 amide bonds. The standard InChI is InChI=1S/C20H18ClN5O/c21-17-11-14-10-15(7-6-13(14)12-23-17)24-20-19-16(4-3-8-22-19)26(25-20)18-5-1-2-9-27-18/h3-4,6-8,10-12,18H,1-2,5,9H2,(H,24,25). The van der Waals surface area contributed by atoms with Crippen LogP contribution < -0.4 is 5.32 Å². The molecule has 1 atom stereocenters. The molecule has 7 heteroatoms. The summed E-state index contributed by atoms with van der Waals surface area (Å²) in [7, 11) is 0. The first kappa shape index (κ1) is 16.5. The fourth-order valence-electron chi connectivity index (χ4n) is 3.52. The molecule has 0 spiro atoms. The van der Waals surface area contributed by atoms with Gasteiger partial charge in [-0.05, 0) is 55.0 Å². The van der Waals surface area contributed by atoms with Gasteiger partial charge in [0.25, 0.3) is 0 Å². The number of halogens is 1. The van der Waals surface area contributed by atoms with Crippen molar-refractivity contribution in [1.82, 2.24) is 19.7 Å². The number of pyridine rings is 2. The van der Waals surface area contributed by atoms with Crippen molar-refractivity contribution in [3.63, 3.8) is 0 Å². The van der Waals surface area contributed by atoms with Crippen molar-refractivity contribution in [2.75, 3.05) is 11.9 Å². The van der Waals surface area contributed by atoms with Crippen LogP contribution in [0.1, 0.15) is 25.5 Å². The van der Waals surface area contributed by atoms with Gasteiger partial charge in [-0.1, -0.05) is 17.7 Å². The lowest BCUT2D eigenvalue weighted by molar-refractivity contribution is -0.0365. The lowest BCUT2D eigenvalue weighted by Gasteiger charge is -2.23. The van der Waals surface area contributed by atoms with E-state index >= 15 is 0 Å². The second-order valence-electron chi connectivity index (χ2n) is 6.68. The lowest BCUT2D eigenvalue weighted by atomic mass is 10.1. The molecule has 1 fully saturated rings. The minimum absolute atomic E-state index is 0.0394. The maximum atomic E-state index is 6.03. The number of nitrogens with zero attached hydrogens (tertiary/aromatic N) is 4. The molecule has 27 heavy (non-hydrogen) atoms. The highest BCUT2D eigenvalue weighted by molar-refractivity contribution is 6.30. The third kappa shape index (κ3) is 3.11. The SMILES string of the molecule is Clc1cc2cc(Nc3nn(C4CCCCO4)c4cccnc34)ccc2cn1. The Hall–Kier alpha value is -2.70. The van der Waals surface area contributed by atoms with Gasteiger partial charge in [0, 0.05) is 30.1 Å². The van der Waals surface area contributed by atoms with E-state index in [2.05, 4.69) is 15.3 Å². The van der Waals surface area contributed by atoms with Crippen LogP contribution in [0.25, 0.3) is 21.8 Å². The zero-order chi connectivity index (χ0) is 18.2. The van der Waals surface area contributed by atoms with Crippen molar-refractivity contribution < 1.29 is 4.74 Å². The maximum Gasteiger partial charge on any atom is 0.179 e. The maximum absolute atomic E-state index is 6.03. The van der Waals surface area contributed by atoms with E-state index < -0.39 is 0 Å². The second-order valence-corrected chi connectivity index (χ2v) is 7.07. The Morgan fingerprint density at radius 3 is 2.96 bits per heavy atom. The minimum Gasteiger partial charge on any atom is -0.356 e. The number of aromatic nitrogens is 4. The number of nitrogens with one attached hydrogen (secondary N) is 1. The monoisotopic (exact) mass is 379 g/mol. The number of fused-ring (bicyclic) bond motifs is 2. The highest BCUT2D eigenvalue weighted by atomic mass is 35.5. The number of ether oxygens (including phenoxy) is 1. The summed E-state index contributed by atoms with van der Waals surface area (Å²) in [6.07, 6.45) is 6.73. The largest absolute Gasteiger partial charge is 0.356 e. The Labute approximate surface area is 161 Å². The fourth-order valence-corrected chi connectivity index (χ4v) is 3.69. The number of hydrogen-bond donors (Lipinski definition) is 1. The summed E-state index contributed by atoms with van der Waals surface area (Å²) in [4.78, 5) is 8.66. The van der Waals surface area contributed by atoms with E-state index in [0.717, 1.165) is 59.2 Å². The lowest BCUT2D eigenvalue weighted by Crippen LogP contribution is -2.19. The quantitative estimate of drug-likeness (QED) is 0.503. The van der Waals surface area contributed by atoms with Crippen LogP contribution in [-0.2, 0) is 4.74 Å². The van der Waals surface area contributed by atoms with Crippen LogP contribution in [0, 0.1) is 0 Å². The first-order valence-electron chi connectivity index (χ1n) is 9.05. The predicted molar refractivity (Wildman–Crippen MR) is 106 cm³/mol. The van der Waals surface area contributed by atoms with Gasteiger partial charge in [-0.3, -0.25) is 4.98 Å². The molecule has 1 aromatic carbocycles. The number of anilines is 2. The summed E-state index contributed by atoms with van der Waals surface area (Å²) in [5, 5.41) is 10.7. The molecule has 1 aliphatic rings. The molecule has 0 aliphatic carbocycles. The summed E-state index contributed by atoms with van der Waals surface area (Å²) in [5.41, 5.74) is 2.73. The van der Waals surface area contributed by atoms with E-state index in [0.29, 0.717) is 5.15 Å². The minimum atomic E-state index is -0.0394. The number of rotatable bonds is 3. The zero-order valence-electron chi connectivity index (χ0n) is 14.6. The molecule has 4 heterocycles. The molecule has 4 aromatic rings. The molecule has 0 bridgehead atoms. The van der Waals surface area contributed by atoms with Gasteiger partial charge in [-0.2, -0.15) is 0 Å². The Kier molecular flexibility index (Phi) is 4.14. The summed E-state index contributed by atoms with van der Waals surface area (Å²) >= 11 is 6.03. The summed E-state index contributed by atoms with van der Waals surface area (Å²) in [6.45, 7) is 0.772. The topological polar surface area (TPSA) is 64.9 Å². The van der Waals surface area contributed by atoms with Gasteiger partial charge in [-0.15, -0.1) is 5.10 Å². The molecule has 1 unspecified atom stereocenters. The van der Waals surface area contributed by atoms with Crippen LogP contribution in [0.4, 0.5) is 11.5 Å².